The number of aromatic nitrogens is 1. The van der Waals surface area contributed by atoms with E-state index in [-0.39, 0.29) is 6.04 Å². The van der Waals surface area contributed by atoms with Gasteiger partial charge < -0.3 is 9.73 Å². The van der Waals surface area contributed by atoms with Crippen molar-refractivity contribution in [2.24, 2.45) is 0 Å². The summed E-state index contributed by atoms with van der Waals surface area (Å²) in [6.45, 7) is 4.40. The van der Waals surface area contributed by atoms with E-state index in [1.807, 2.05) is 13.8 Å². The Hall–Kier alpha value is -1.82. The third-order valence-corrected chi connectivity index (χ3v) is 2.77. The van der Waals surface area contributed by atoms with Crippen LogP contribution in [0.5, 0.6) is 0 Å². The van der Waals surface area contributed by atoms with Gasteiger partial charge in [-0.3, -0.25) is 0 Å². The number of nitrogens with one attached hydrogen (secondary N) is 1. The van der Waals surface area contributed by atoms with Crippen molar-refractivity contribution >= 4 is 0 Å². The molecule has 0 bridgehead atoms. The number of hydrogen-bond acceptors (Lipinski definition) is 3. The quantitative estimate of drug-likeness (QED) is 0.926. The minimum Gasteiger partial charge on any atom is -0.443 e. The lowest BCUT2D eigenvalue weighted by atomic mass is 10.1. The first-order chi connectivity index (χ1) is 9.38. The Balaban J connectivity index is 2.30. The summed E-state index contributed by atoms with van der Waals surface area (Å²) >= 11 is 0. The van der Waals surface area contributed by atoms with E-state index in [1.54, 1.807) is 6.07 Å². The lowest BCUT2D eigenvalue weighted by Gasteiger charge is -2.09. The molecule has 0 aliphatic rings. The van der Waals surface area contributed by atoms with E-state index in [9.17, 15) is 13.2 Å². The van der Waals surface area contributed by atoms with E-state index >= 15 is 0 Å². The van der Waals surface area contributed by atoms with Crippen LogP contribution in [0.1, 0.15) is 25.1 Å². The van der Waals surface area contributed by atoms with E-state index in [1.165, 1.54) is 12.5 Å². The normalized spacial score (nSPS) is 12.1. The molecule has 2 rings (SSSR count). The smallest absolute Gasteiger partial charge is 0.416 e. The zero-order chi connectivity index (χ0) is 14.8. The predicted octanol–water partition coefficient (Wildman–Crippen LogP) is 3.86. The summed E-state index contributed by atoms with van der Waals surface area (Å²) < 4.78 is 43.3. The molecule has 0 saturated heterocycles. The topological polar surface area (TPSA) is 38.1 Å². The summed E-state index contributed by atoms with van der Waals surface area (Å²) in [5, 5.41) is 3.16. The molecule has 20 heavy (non-hydrogen) atoms. The van der Waals surface area contributed by atoms with Gasteiger partial charge in [-0.15, -0.1) is 0 Å². The molecule has 0 unspecified atom stereocenters. The summed E-state index contributed by atoms with van der Waals surface area (Å²) in [5.74, 6) is 0.365. The fourth-order valence-electron chi connectivity index (χ4n) is 1.77. The summed E-state index contributed by atoms with van der Waals surface area (Å²) in [6.07, 6.45) is -3.13. The fourth-order valence-corrected chi connectivity index (χ4v) is 1.77. The van der Waals surface area contributed by atoms with Crippen molar-refractivity contribution in [3.8, 4) is 11.3 Å². The second-order valence-corrected chi connectivity index (χ2v) is 4.74. The highest BCUT2D eigenvalue weighted by Gasteiger charge is 2.30. The third-order valence-electron chi connectivity index (χ3n) is 2.77. The molecule has 3 nitrogen and oxygen atoms in total. The van der Waals surface area contributed by atoms with Crippen LogP contribution >= 0.6 is 0 Å². The van der Waals surface area contributed by atoms with Crippen LogP contribution in [-0.2, 0) is 12.7 Å². The van der Waals surface area contributed by atoms with Gasteiger partial charge in [0.2, 0.25) is 0 Å². The van der Waals surface area contributed by atoms with Gasteiger partial charge in [-0.1, -0.05) is 26.0 Å². The number of benzene rings is 1. The second-order valence-electron chi connectivity index (χ2n) is 4.74. The maximum absolute atomic E-state index is 12.7. The second kappa shape index (κ2) is 5.66. The molecule has 2 aromatic rings. The van der Waals surface area contributed by atoms with Gasteiger partial charge in [-0.2, -0.15) is 13.2 Å². The summed E-state index contributed by atoms with van der Waals surface area (Å²) in [7, 11) is 0. The maximum Gasteiger partial charge on any atom is 0.416 e. The summed E-state index contributed by atoms with van der Waals surface area (Å²) in [4.78, 5) is 4.05. The number of halogens is 3. The minimum atomic E-state index is -4.37. The molecule has 1 N–H and O–H groups in total. The van der Waals surface area contributed by atoms with Crippen LogP contribution in [0, 0.1) is 0 Å². The molecule has 0 radical (unpaired) electrons. The lowest BCUT2D eigenvalue weighted by Crippen LogP contribution is -2.22. The van der Waals surface area contributed by atoms with Crippen molar-refractivity contribution in [3.05, 3.63) is 41.9 Å². The zero-order valence-electron chi connectivity index (χ0n) is 11.2. The van der Waals surface area contributed by atoms with Gasteiger partial charge in [0.15, 0.2) is 12.2 Å². The lowest BCUT2D eigenvalue weighted by molar-refractivity contribution is -0.137. The van der Waals surface area contributed by atoms with E-state index < -0.39 is 11.7 Å². The first-order valence-corrected chi connectivity index (χ1v) is 6.21. The predicted molar refractivity (Wildman–Crippen MR) is 68.9 cm³/mol. The first kappa shape index (κ1) is 14.6. The molecule has 108 valence electrons. The van der Waals surface area contributed by atoms with E-state index in [4.69, 9.17) is 4.42 Å². The SMILES string of the molecule is CC(C)NCc1ncoc1-c1cccc(C(F)(F)F)c1. The molecule has 0 fully saturated rings. The van der Waals surface area contributed by atoms with Crippen LogP contribution in [0.25, 0.3) is 11.3 Å². The van der Waals surface area contributed by atoms with Crippen LogP contribution in [0.2, 0.25) is 0 Å². The molecule has 0 aliphatic heterocycles. The Bertz CT molecular complexity index is 576. The van der Waals surface area contributed by atoms with Crippen molar-refractivity contribution in [2.75, 3.05) is 0 Å². The monoisotopic (exact) mass is 284 g/mol. The van der Waals surface area contributed by atoms with Gasteiger partial charge in [0.05, 0.1) is 5.56 Å². The van der Waals surface area contributed by atoms with Crippen LogP contribution in [0.15, 0.2) is 35.1 Å². The Labute approximate surface area is 114 Å². The molecule has 1 heterocycles. The molecule has 0 saturated carbocycles. The Morgan fingerprint density at radius 1 is 1.30 bits per heavy atom. The molecule has 0 amide bonds. The first-order valence-electron chi connectivity index (χ1n) is 6.21. The van der Waals surface area contributed by atoms with Crippen LogP contribution in [0.4, 0.5) is 13.2 Å². The molecule has 0 aliphatic carbocycles. The standard InChI is InChI=1S/C14H15F3N2O/c1-9(2)18-7-12-13(20-8-19-12)10-4-3-5-11(6-10)14(15,16)17/h3-6,8-9,18H,7H2,1-2H3. The van der Waals surface area contributed by atoms with Crippen LogP contribution in [0.3, 0.4) is 0 Å². The average Bonchev–Trinajstić information content (AvgIpc) is 2.83. The van der Waals surface area contributed by atoms with Gasteiger partial charge in [-0.05, 0) is 12.1 Å². The molecular formula is C14H15F3N2O. The molecule has 0 atom stereocenters. The highest BCUT2D eigenvalue weighted by atomic mass is 19.4. The highest BCUT2D eigenvalue weighted by molar-refractivity contribution is 5.60. The van der Waals surface area contributed by atoms with Crippen LogP contribution in [-0.4, -0.2) is 11.0 Å². The highest BCUT2D eigenvalue weighted by Crippen LogP contribution is 2.32. The van der Waals surface area contributed by atoms with Crippen molar-refractivity contribution in [1.29, 1.82) is 0 Å². The van der Waals surface area contributed by atoms with E-state index in [0.29, 0.717) is 23.6 Å². The minimum absolute atomic E-state index is 0.251. The summed E-state index contributed by atoms with van der Waals surface area (Å²) in [5.41, 5.74) is 0.269. The van der Waals surface area contributed by atoms with Gasteiger partial charge >= 0.3 is 6.18 Å². The molecule has 6 heteroatoms. The van der Waals surface area contributed by atoms with E-state index in [2.05, 4.69) is 10.3 Å². The Kier molecular flexibility index (Phi) is 4.13. The van der Waals surface area contributed by atoms with Crippen molar-refractivity contribution in [1.82, 2.24) is 10.3 Å². The molecule has 0 spiro atoms. The van der Waals surface area contributed by atoms with E-state index in [0.717, 1.165) is 12.1 Å². The Morgan fingerprint density at radius 2 is 2.05 bits per heavy atom. The van der Waals surface area contributed by atoms with Crippen LogP contribution < -0.4 is 5.32 Å². The van der Waals surface area contributed by atoms with Gasteiger partial charge in [0.1, 0.15) is 5.69 Å². The molecule has 1 aromatic heterocycles. The van der Waals surface area contributed by atoms with Crippen molar-refractivity contribution < 1.29 is 17.6 Å². The Morgan fingerprint density at radius 3 is 2.70 bits per heavy atom. The average molecular weight is 284 g/mol. The third kappa shape index (κ3) is 3.39. The van der Waals surface area contributed by atoms with Gasteiger partial charge in [0, 0.05) is 18.2 Å². The number of nitrogens with zero attached hydrogens (tertiary/aromatic N) is 1. The van der Waals surface area contributed by atoms with Crippen molar-refractivity contribution in [2.45, 2.75) is 32.6 Å². The van der Waals surface area contributed by atoms with Crippen molar-refractivity contribution in [3.63, 3.8) is 0 Å². The summed E-state index contributed by atoms with van der Waals surface area (Å²) in [6, 6.07) is 5.29. The number of alkyl halides is 3. The largest absolute Gasteiger partial charge is 0.443 e. The zero-order valence-corrected chi connectivity index (χ0v) is 11.2. The van der Waals surface area contributed by atoms with Gasteiger partial charge in [-0.25, -0.2) is 4.98 Å². The number of oxazole rings is 1. The molecule has 1 aromatic carbocycles. The fraction of sp³-hybridized carbons (Fsp3) is 0.357. The van der Waals surface area contributed by atoms with Gasteiger partial charge in [0.25, 0.3) is 0 Å². The number of rotatable bonds is 4. The maximum atomic E-state index is 12.7. The molecular weight excluding hydrogens is 269 g/mol. The number of hydrogen-bond donors (Lipinski definition) is 1.